The molecule has 1 aromatic heterocycles. The number of carbonyl (C=O) groups excluding carboxylic acids is 1. The first-order valence-electron chi connectivity index (χ1n) is 13.0. The van der Waals surface area contributed by atoms with Gasteiger partial charge >= 0.3 is 0 Å². The molecule has 2 aliphatic rings. The summed E-state index contributed by atoms with van der Waals surface area (Å²) in [5.74, 6) is 0.432. The van der Waals surface area contributed by atoms with E-state index in [0.717, 1.165) is 23.0 Å². The molecule has 1 fully saturated rings. The number of aryl methyl sites for hydroxylation is 2. The molecule has 7 heteroatoms. The number of nitrogens with zero attached hydrogens (tertiary/aromatic N) is 3. The monoisotopic (exact) mass is 511 g/mol. The van der Waals surface area contributed by atoms with Crippen LogP contribution in [0, 0.1) is 12.7 Å². The Morgan fingerprint density at radius 2 is 1.79 bits per heavy atom. The van der Waals surface area contributed by atoms with E-state index in [1.54, 1.807) is 18.2 Å². The predicted octanol–water partition coefficient (Wildman–Crippen LogP) is 5.75. The SMILES string of the molecule is CCn1cc(/C=C2/Oc3c(CN4CCN(c5ccccc5F)CC4)c(O)cc(C)c3C2=O)c2ccccc21. The number of ketones is 1. The van der Waals surface area contributed by atoms with Gasteiger partial charge in [0.1, 0.15) is 17.3 Å². The van der Waals surface area contributed by atoms with E-state index >= 15 is 0 Å². The Morgan fingerprint density at radius 1 is 1.05 bits per heavy atom. The molecular weight excluding hydrogens is 481 g/mol. The number of rotatable bonds is 5. The molecule has 3 aromatic carbocycles. The third-order valence-electron chi connectivity index (χ3n) is 7.61. The summed E-state index contributed by atoms with van der Waals surface area (Å²) < 4.78 is 22.6. The number of carbonyl (C=O) groups is 1. The van der Waals surface area contributed by atoms with Crippen LogP contribution >= 0.6 is 0 Å². The van der Waals surface area contributed by atoms with E-state index in [4.69, 9.17) is 4.74 Å². The van der Waals surface area contributed by atoms with E-state index in [1.165, 1.54) is 6.07 Å². The van der Waals surface area contributed by atoms with E-state index in [-0.39, 0.29) is 23.1 Å². The van der Waals surface area contributed by atoms with Crippen molar-refractivity contribution in [2.45, 2.75) is 26.9 Å². The van der Waals surface area contributed by atoms with Crippen molar-refractivity contribution in [2.24, 2.45) is 0 Å². The third kappa shape index (κ3) is 4.13. The topological polar surface area (TPSA) is 57.9 Å². The Morgan fingerprint density at radius 3 is 2.55 bits per heavy atom. The number of phenolic OH excluding ortho intramolecular Hbond substituents is 1. The normalized spacial score (nSPS) is 16.9. The lowest BCUT2D eigenvalue weighted by Crippen LogP contribution is -2.46. The van der Waals surface area contributed by atoms with Crippen molar-refractivity contribution in [1.29, 1.82) is 0 Å². The maximum Gasteiger partial charge on any atom is 0.232 e. The highest BCUT2D eigenvalue weighted by molar-refractivity contribution is 6.16. The second kappa shape index (κ2) is 9.65. The Hall–Kier alpha value is -4.10. The number of benzene rings is 3. The smallest absolute Gasteiger partial charge is 0.232 e. The molecule has 1 N–H and O–H groups in total. The summed E-state index contributed by atoms with van der Waals surface area (Å²) in [6.07, 6.45) is 3.85. The second-order valence-electron chi connectivity index (χ2n) is 9.94. The van der Waals surface area contributed by atoms with Gasteiger partial charge in [-0.05, 0) is 49.8 Å². The van der Waals surface area contributed by atoms with Gasteiger partial charge in [-0.3, -0.25) is 9.69 Å². The Labute approximate surface area is 221 Å². The van der Waals surface area contributed by atoms with Crippen molar-refractivity contribution >= 4 is 28.4 Å². The molecule has 0 aliphatic carbocycles. The number of anilines is 1. The molecule has 38 heavy (non-hydrogen) atoms. The van der Waals surface area contributed by atoms with Gasteiger partial charge in [-0.15, -0.1) is 0 Å². The molecule has 0 radical (unpaired) electrons. The van der Waals surface area contributed by atoms with Crippen LogP contribution in [0.4, 0.5) is 10.1 Å². The number of para-hydroxylation sites is 2. The highest BCUT2D eigenvalue weighted by Crippen LogP contribution is 2.43. The minimum atomic E-state index is -0.219. The summed E-state index contributed by atoms with van der Waals surface area (Å²) in [5.41, 5.74) is 4.44. The minimum absolute atomic E-state index is 0.120. The number of aromatic nitrogens is 1. The van der Waals surface area contributed by atoms with E-state index in [9.17, 15) is 14.3 Å². The van der Waals surface area contributed by atoms with E-state index in [2.05, 4.69) is 22.5 Å². The fourth-order valence-corrected chi connectivity index (χ4v) is 5.60. The lowest BCUT2D eigenvalue weighted by Gasteiger charge is -2.36. The predicted molar refractivity (Wildman–Crippen MR) is 147 cm³/mol. The molecule has 6 rings (SSSR count). The molecule has 6 nitrogen and oxygen atoms in total. The molecular formula is C31H30FN3O3. The molecule has 194 valence electrons. The molecule has 0 spiro atoms. The van der Waals surface area contributed by atoms with Crippen LogP contribution in [0.2, 0.25) is 0 Å². The van der Waals surface area contributed by atoms with Gasteiger partial charge in [-0.25, -0.2) is 4.39 Å². The summed E-state index contributed by atoms with van der Waals surface area (Å²) in [6, 6.07) is 16.6. The van der Waals surface area contributed by atoms with Gasteiger partial charge in [0, 0.05) is 61.9 Å². The molecule has 4 aromatic rings. The van der Waals surface area contributed by atoms with Crippen molar-refractivity contribution in [3.05, 3.63) is 94.6 Å². The molecule has 0 unspecified atom stereocenters. The first kappa shape index (κ1) is 24.2. The molecule has 0 saturated carbocycles. The van der Waals surface area contributed by atoms with Crippen molar-refractivity contribution in [1.82, 2.24) is 9.47 Å². The summed E-state index contributed by atoms with van der Waals surface area (Å²) in [7, 11) is 0. The first-order chi connectivity index (χ1) is 18.4. The number of ether oxygens (including phenoxy) is 1. The number of fused-ring (bicyclic) bond motifs is 2. The number of piperazine rings is 1. The van der Waals surface area contributed by atoms with Gasteiger partial charge in [-0.2, -0.15) is 0 Å². The van der Waals surface area contributed by atoms with E-state index in [1.807, 2.05) is 48.4 Å². The van der Waals surface area contributed by atoms with Gasteiger partial charge in [0.15, 0.2) is 5.76 Å². The van der Waals surface area contributed by atoms with Crippen LogP contribution in [0.15, 0.2) is 66.6 Å². The zero-order valence-corrected chi connectivity index (χ0v) is 21.6. The van der Waals surface area contributed by atoms with Gasteiger partial charge < -0.3 is 19.3 Å². The minimum Gasteiger partial charge on any atom is -0.507 e. The number of hydrogen-bond donors (Lipinski definition) is 1. The van der Waals surface area contributed by atoms with Gasteiger partial charge in [0.25, 0.3) is 0 Å². The third-order valence-corrected chi connectivity index (χ3v) is 7.61. The highest BCUT2D eigenvalue weighted by Gasteiger charge is 2.34. The van der Waals surface area contributed by atoms with Crippen LogP contribution in [0.3, 0.4) is 0 Å². The van der Waals surface area contributed by atoms with Crippen LogP contribution in [0.25, 0.3) is 17.0 Å². The molecule has 0 bridgehead atoms. The summed E-state index contributed by atoms with van der Waals surface area (Å²) >= 11 is 0. The van der Waals surface area contributed by atoms with Crippen molar-refractivity contribution in [3.8, 4) is 11.5 Å². The maximum atomic E-state index is 14.3. The number of Topliss-reactive ketones (excluding diaryl/α,β-unsaturated/α-hetero) is 1. The summed E-state index contributed by atoms with van der Waals surface area (Å²) in [6.45, 7) is 7.90. The number of aromatic hydroxyl groups is 1. The lowest BCUT2D eigenvalue weighted by atomic mass is 9.99. The number of allylic oxidation sites excluding steroid dienone is 1. The molecule has 0 amide bonds. The van der Waals surface area contributed by atoms with Crippen molar-refractivity contribution < 1.29 is 19.0 Å². The Balaban J connectivity index is 1.27. The largest absolute Gasteiger partial charge is 0.507 e. The fraction of sp³-hybridized carbons (Fsp3) is 0.258. The fourth-order valence-electron chi connectivity index (χ4n) is 5.60. The molecule has 2 aliphatic heterocycles. The van der Waals surface area contributed by atoms with Crippen LogP contribution in [-0.2, 0) is 13.1 Å². The van der Waals surface area contributed by atoms with Gasteiger partial charge in [0.2, 0.25) is 5.78 Å². The zero-order chi connectivity index (χ0) is 26.4. The van der Waals surface area contributed by atoms with Gasteiger partial charge in [0.05, 0.1) is 16.8 Å². The average molecular weight is 512 g/mol. The Bertz CT molecular complexity index is 1580. The lowest BCUT2D eigenvalue weighted by molar-refractivity contribution is 0.101. The van der Waals surface area contributed by atoms with Crippen molar-refractivity contribution in [2.75, 3.05) is 31.1 Å². The van der Waals surface area contributed by atoms with E-state index < -0.39 is 0 Å². The van der Waals surface area contributed by atoms with Crippen LogP contribution in [0.1, 0.15) is 34.0 Å². The van der Waals surface area contributed by atoms with Crippen LogP contribution < -0.4 is 9.64 Å². The molecule has 1 saturated heterocycles. The summed E-state index contributed by atoms with van der Waals surface area (Å²) in [5, 5.41) is 11.9. The standard InChI is InChI=1S/C31H30FN3O3/c1-3-34-18-21(22-8-4-6-10-25(22)34)17-28-30(37)29-20(2)16-27(36)23(31(29)38-28)19-33-12-14-35(15-13-33)26-11-7-5-9-24(26)32/h4-11,16-18,36H,3,12-15,19H2,1-2H3/b28-17+. The zero-order valence-electron chi connectivity index (χ0n) is 21.6. The highest BCUT2D eigenvalue weighted by atomic mass is 19.1. The number of hydrogen-bond acceptors (Lipinski definition) is 5. The molecule has 3 heterocycles. The average Bonchev–Trinajstić information content (AvgIpc) is 3.45. The number of halogens is 1. The first-order valence-corrected chi connectivity index (χ1v) is 13.0. The van der Waals surface area contributed by atoms with Crippen molar-refractivity contribution in [3.63, 3.8) is 0 Å². The Kier molecular flexibility index (Phi) is 6.16. The maximum absolute atomic E-state index is 14.3. The van der Waals surface area contributed by atoms with E-state index in [0.29, 0.717) is 60.9 Å². The second-order valence-corrected chi connectivity index (χ2v) is 9.94. The summed E-state index contributed by atoms with van der Waals surface area (Å²) in [4.78, 5) is 17.7. The molecule has 0 atom stereocenters. The number of phenols is 1. The quantitative estimate of drug-likeness (QED) is 0.346. The van der Waals surface area contributed by atoms with Crippen LogP contribution in [-0.4, -0.2) is 46.5 Å². The van der Waals surface area contributed by atoms with Gasteiger partial charge in [-0.1, -0.05) is 30.3 Å². The van der Waals surface area contributed by atoms with Crippen LogP contribution in [0.5, 0.6) is 11.5 Å².